The van der Waals surface area contributed by atoms with Crippen LogP contribution in [0.25, 0.3) is 0 Å². The predicted molar refractivity (Wildman–Crippen MR) is 96.4 cm³/mol. The minimum absolute atomic E-state index is 0.141. The van der Waals surface area contributed by atoms with E-state index in [9.17, 15) is 14.4 Å². The molecule has 0 amide bonds. The minimum atomic E-state index is -1.07. The Labute approximate surface area is 157 Å². The lowest BCUT2D eigenvalue weighted by Crippen LogP contribution is -2.33. The summed E-state index contributed by atoms with van der Waals surface area (Å²) in [4.78, 5) is 30.7. The standard InChI is InChI=1S/C6H12N2O4S2.C3H5NO2S3/c7-3(5(9)10)1-13-14-2-4(8)6(11)12;5-3(6)2(1-7)4(8)9/h3-4H,1-2,7-8H2,(H,9,10)(H,11,12);2,7H,1H2,(H,5,6). The second-order valence-electron chi connectivity index (χ2n) is 3.78. The van der Waals surface area contributed by atoms with Gasteiger partial charge >= 0.3 is 17.9 Å². The Morgan fingerprint density at radius 2 is 1.39 bits per heavy atom. The summed E-state index contributed by atoms with van der Waals surface area (Å²) < 4.78 is 0.787. The van der Waals surface area contributed by atoms with Crippen LogP contribution in [0.15, 0.2) is 0 Å². The summed E-state index contributed by atoms with van der Waals surface area (Å²) >= 11 is 12.5. The van der Waals surface area contributed by atoms with Crippen LogP contribution in [0, 0.1) is 0 Å². The van der Waals surface area contributed by atoms with Crippen molar-refractivity contribution in [1.29, 1.82) is 0 Å². The Hall–Kier alpha value is -0.380. The summed E-state index contributed by atoms with van der Waals surface area (Å²) in [6, 6.07) is -2.68. The van der Waals surface area contributed by atoms with Crippen molar-refractivity contribution in [1.82, 2.24) is 0 Å². The smallest absolute Gasteiger partial charge is 0.373 e. The van der Waals surface area contributed by atoms with Crippen molar-refractivity contribution in [3.63, 3.8) is 0 Å². The van der Waals surface area contributed by atoms with Crippen LogP contribution < -0.4 is 11.5 Å². The number of nitrogens with two attached hydrogens (primary N) is 2. The Bertz CT molecular complexity index is 390. The van der Waals surface area contributed by atoms with Crippen molar-refractivity contribution in [2.75, 3.05) is 17.3 Å². The van der Waals surface area contributed by atoms with Gasteiger partial charge in [0.1, 0.15) is 12.1 Å². The molecule has 0 saturated heterocycles. The second-order valence-corrected chi connectivity index (χ2v) is 7.72. The number of hydrogen-bond acceptors (Lipinski definition) is 10. The molecule has 0 aromatic heterocycles. The fourth-order valence-electron chi connectivity index (χ4n) is 0.620. The van der Waals surface area contributed by atoms with Gasteiger partial charge in [-0.2, -0.15) is 12.6 Å². The van der Waals surface area contributed by atoms with E-state index in [0.29, 0.717) is 0 Å². The number of thiol groups is 1. The molecule has 14 heteroatoms. The van der Waals surface area contributed by atoms with E-state index in [1.807, 2.05) is 0 Å². The van der Waals surface area contributed by atoms with Gasteiger partial charge in [-0.1, -0.05) is 46.8 Å². The van der Waals surface area contributed by atoms with Crippen molar-refractivity contribution in [2.24, 2.45) is 11.5 Å². The normalized spacial score (nSPS) is 13.9. The molecule has 0 spiro atoms. The molecule has 3 atom stereocenters. The van der Waals surface area contributed by atoms with Crippen molar-refractivity contribution >= 4 is 77.4 Å². The molecule has 0 aromatic rings. The van der Waals surface area contributed by atoms with E-state index >= 15 is 0 Å². The zero-order chi connectivity index (χ0) is 18.6. The van der Waals surface area contributed by atoms with Gasteiger partial charge in [0.2, 0.25) is 0 Å². The van der Waals surface area contributed by atoms with Gasteiger partial charge in [0.05, 0.1) is 5.75 Å². The van der Waals surface area contributed by atoms with Crippen LogP contribution in [0.5, 0.6) is 0 Å². The summed E-state index contributed by atoms with van der Waals surface area (Å²) in [5.74, 6) is -2.57. The number of carboxylic acid groups (broad SMARTS) is 3. The van der Waals surface area contributed by atoms with Gasteiger partial charge in [-0.3, -0.25) is 9.59 Å². The third-order valence-corrected chi connectivity index (χ3v) is 5.25. The number of carboxylic acids is 3. The molecule has 0 bridgehead atoms. The van der Waals surface area contributed by atoms with Crippen LogP contribution in [0.1, 0.15) is 0 Å². The molecule has 0 aliphatic carbocycles. The Balaban J connectivity index is 0. The summed E-state index contributed by atoms with van der Waals surface area (Å²) in [5, 5.41) is 25.1. The van der Waals surface area contributed by atoms with Crippen molar-refractivity contribution in [2.45, 2.75) is 18.1 Å². The topological polar surface area (TPSA) is 167 Å². The number of nitrogens with zero attached hydrogens (tertiary/aromatic N) is 1. The lowest BCUT2D eigenvalue weighted by Gasteiger charge is -2.07. The van der Waals surface area contributed by atoms with Gasteiger partial charge in [0.25, 0.3) is 6.04 Å². The Morgan fingerprint density at radius 3 is 1.52 bits per heavy atom. The van der Waals surface area contributed by atoms with Crippen molar-refractivity contribution in [3.8, 4) is 0 Å². The highest BCUT2D eigenvalue weighted by Gasteiger charge is 2.20. The Morgan fingerprint density at radius 1 is 1.04 bits per heavy atom. The predicted octanol–water partition coefficient (Wildman–Crippen LogP) is -1.23. The van der Waals surface area contributed by atoms with Gasteiger partial charge in [-0.15, -0.1) is 0 Å². The van der Waals surface area contributed by atoms with Gasteiger partial charge in [-0.25, -0.2) is 8.15 Å². The SMILES string of the molecule is NC(CSSCC(N)C(=O)O)C(=O)O.O=C(O)C(CS)[N+](=S)[S-]. The zero-order valence-electron chi connectivity index (χ0n) is 11.6. The first-order valence-electron chi connectivity index (χ1n) is 5.72. The lowest BCUT2D eigenvalue weighted by molar-refractivity contribution is -0.348. The average molecular weight is 424 g/mol. The van der Waals surface area contributed by atoms with Crippen LogP contribution in [0.4, 0.5) is 0 Å². The zero-order valence-corrected chi connectivity index (χ0v) is 15.8. The highest BCUT2D eigenvalue weighted by atomic mass is 33.1. The number of rotatable bonds is 10. The molecule has 9 nitrogen and oxygen atoms in total. The van der Waals surface area contributed by atoms with Crippen LogP contribution in [0.2, 0.25) is 0 Å². The minimum Gasteiger partial charge on any atom is -0.480 e. The molecule has 134 valence electrons. The molecular weight excluding hydrogens is 406 g/mol. The van der Waals surface area contributed by atoms with Crippen LogP contribution >= 0.6 is 34.2 Å². The summed E-state index contributed by atoms with van der Waals surface area (Å²) in [6.45, 7) is 0. The molecule has 0 radical (unpaired) electrons. The first-order valence-corrected chi connectivity index (χ1v) is 9.58. The second kappa shape index (κ2) is 14.0. The van der Waals surface area contributed by atoms with Crippen LogP contribution in [0.3, 0.4) is 0 Å². The van der Waals surface area contributed by atoms with Crippen molar-refractivity contribution < 1.29 is 33.1 Å². The largest absolute Gasteiger partial charge is 0.480 e. The average Bonchev–Trinajstić information content (AvgIpc) is 2.43. The molecular formula is C9H17N3O6S5. The Kier molecular flexibility index (Phi) is 15.1. The molecule has 23 heavy (non-hydrogen) atoms. The summed E-state index contributed by atoms with van der Waals surface area (Å²) in [7, 11) is 2.41. The monoisotopic (exact) mass is 423 g/mol. The van der Waals surface area contributed by atoms with Crippen molar-refractivity contribution in [3.05, 3.63) is 0 Å². The molecule has 0 aliphatic rings. The molecule has 0 aliphatic heterocycles. The van der Waals surface area contributed by atoms with Gasteiger partial charge in [0, 0.05) is 11.5 Å². The van der Waals surface area contributed by atoms with Gasteiger partial charge in [-0.05, 0) is 0 Å². The van der Waals surface area contributed by atoms with E-state index in [1.165, 1.54) is 21.6 Å². The fraction of sp³-hybridized carbons (Fsp3) is 0.667. The van der Waals surface area contributed by atoms with Crippen LogP contribution in [-0.4, -0.2) is 72.0 Å². The number of carbonyl (C=O) groups is 3. The number of hydrogen-bond donors (Lipinski definition) is 6. The van der Waals surface area contributed by atoms with E-state index in [2.05, 4.69) is 37.9 Å². The lowest BCUT2D eigenvalue weighted by atomic mass is 10.4. The summed E-state index contributed by atoms with van der Waals surface area (Å²) in [5.41, 5.74) is 10.4. The third kappa shape index (κ3) is 13.7. The first kappa shape index (κ1) is 24.9. The maximum atomic E-state index is 10.3. The van der Waals surface area contributed by atoms with E-state index in [0.717, 1.165) is 3.35 Å². The quantitative estimate of drug-likeness (QED) is 0.0815. The van der Waals surface area contributed by atoms with E-state index < -0.39 is 36.0 Å². The fourth-order valence-corrected chi connectivity index (χ4v) is 3.72. The number of aliphatic carboxylic acids is 3. The molecule has 0 rings (SSSR count). The van der Waals surface area contributed by atoms with E-state index in [1.54, 1.807) is 0 Å². The molecule has 7 N–H and O–H groups in total. The maximum absolute atomic E-state index is 10.3. The molecule has 0 heterocycles. The van der Waals surface area contributed by atoms with Crippen LogP contribution in [-0.2, 0) is 39.6 Å². The maximum Gasteiger partial charge on any atom is 0.373 e. The van der Waals surface area contributed by atoms with Gasteiger partial charge in [0.15, 0.2) is 0 Å². The molecule has 0 aromatic carbocycles. The molecule has 3 unspecified atom stereocenters. The highest BCUT2D eigenvalue weighted by Crippen LogP contribution is 2.22. The molecule has 0 saturated carbocycles. The highest BCUT2D eigenvalue weighted by molar-refractivity contribution is 8.76. The summed E-state index contributed by atoms with van der Waals surface area (Å²) in [6.07, 6.45) is 0. The van der Waals surface area contributed by atoms with Gasteiger partial charge < -0.3 is 26.8 Å². The van der Waals surface area contributed by atoms with E-state index in [-0.39, 0.29) is 17.3 Å². The first-order chi connectivity index (χ1) is 10.5. The van der Waals surface area contributed by atoms with E-state index in [4.69, 9.17) is 26.8 Å². The molecule has 0 fully saturated rings. The third-order valence-electron chi connectivity index (χ3n) is 1.93.